The zero-order valence-corrected chi connectivity index (χ0v) is 7.51. The third-order valence-electron chi connectivity index (χ3n) is 1.47. The summed E-state index contributed by atoms with van der Waals surface area (Å²) in [4.78, 5) is 27.4. The zero-order valence-electron chi connectivity index (χ0n) is 7.51. The van der Waals surface area contributed by atoms with E-state index in [0.717, 1.165) is 0 Å². The molecule has 2 N–H and O–H groups in total. The summed E-state index contributed by atoms with van der Waals surface area (Å²) in [6, 6.07) is 0. The number of aromatic nitrogens is 2. The fraction of sp³-hybridized carbons (Fsp3) is 0.333. The van der Waals surface area contributed by atoms with Crippen molar-refractivity contribution in [3.05, 3.63) is 20.5 Å². The van der Waals surface area contributed by atoms with Crippen molar-refractivity contribution in [2.75, 3.05) is 19.0 Å². The lowest BCUT2D eigenvalue weighted by Gasteiger charge is -2.09. The number of hydrogen-bond donors (Lipinski definition) is 2. The van der Waals surface area contributed by atoms with Crippen LogP contribution in [0.5, 0.6) is 5.88 Å². The number of nitro groups is 1. The third-order valence-corrected chi connectivity index (χ3v) is 1.47. The number of aromatic amines is 1. The predicted octanol–water partition coefficient (Wildman–Crippen LogP) is -0.550. The molecule has 0 amide bonds. The molecule has 0 aliphatic heterocycles. The molecule has 0 spiro atoms. The Bertz CT molecular complexity index is 424. The van der Waals surface area contributed by atoms with Gasteiger partial charge in [-0.05, 0) is 0 Å². The maximum absolute atomic E-state index is 11.1. The number of rotatable bonds is 2. The minimum atomic E-state index is -0.986. The van der Waals surface area contributed by atoms with Crippen molar-refractivity contribution in [2.45, 2.75) is 0 Å². The van der Waals surface area contributed by atoms with Crippen LogP contribution in [0.2, 0.25) is 0 Å². The van der Waals surface area contributed by atoms with Gasteiger partial charge in [0, 0.05) is 14.1 Å². The second-order valence-corrected chi connectivity index (χ2v) is 2.71. The lowest BCUT2D eigenvalue weighted by atomic mass is 10.5. The van der Waals surface area contributed by atoms with E-state index in [1.54, 1.807) is 14.1 Å². The lowest BCUT2D eigenvalue weighted by molar-refractivity contribution is -0.387. The summed E-state index contributed by atoms with van der Waals surface area (Å²) in [5.41, 5.74) is -1.93. The number of aromatic hydroxyl groups is 1. The van der Waals surface area contributed by atoms with E-state index in [1.165, 1.54) is 4.90 Å². The molecule has 76 valence electrons. The van der Waals surface area contributed by atoms with E-state index < -0.39 is 22.0 Å². The minimum Gasteiger partial charge on any atom is -0.488 e. The maximum atomic E-state index is 11.1. The summed E-state index contributed by atoms with van der Waals surface area (Å²) in [6.07, 6.45) is 0. The first-order valence-corrected chi connectivity index (χ1v) is 3.58. The van der Waals surface area contributed by atoms with Crippen LogP contribution in [0.3, 0.4) is 0 Å². The van der Waals surface area contributed by atoms with Gasteiger partial charge in [0.2, 0.25) is 5.95 Å². The van der Waals surface area contributed by atoms with Gasteiger partial charge in [0.1, 0.15) is 0 Å². The van der Waals surface area contributed by atoms with Gasteiger partial charge in [0.25, 0.3) is 0 Å². The van der Waals surface area contributed by atoms with Crippen LogP contribution in [0.25, 0.3) is 0 Å². The Labute approximate surface area is 78.0 Å². The SMILES string of the molecule is CN(C)c1nc(O)c([N+](=O)[O-])c(=O)[nH]1. The van der Waals surface area contributed by atoms with Gasteiger partial charge in [-0.3, -0.25) is 19.9 Å². The van der Waals surface area contributed by atoms with Gasteiger partial charge < -0.3 is 10.0 Å². The maximum Gasteiger partial charge on any atom is 0.395 e. The van der Waals surface area contributed by atoms with Crippen molar-refractivity contribution in [1.82, 2.24) is 9.97 Å². The Morgan fingerprint density at radius 1 is 1.57 bits per heavy atom. The van der Waals surface area contributed by atoms with Gasteiger partial charge in [-0.1, -0.05) is 0 Å². The number of H-pyrrole nitrogens is 1. The molecule has 1 aromatic heterocycles. The van der Waals surface area contributed by atoms with Gasteiger partial charge in [0.15, 0.2) is 0 Å². The van der Waals surface area contributed by atoms with Gasteiger partial charge >= 0.3 is 17.1 Å². The lowest BCUT2D eigenvalue weighted by Crippen LogP contribution is -2.20. The molecular weight excluding hydrogens is 192 g/mol. The molecule has 8 nitrogen and oxygen atoms in total. The summed E-state index contributed by atoms with van der Waals surface area (Å²) in [6.45, 7) is 0. The quantitative estimate of drug-likeness (QED) is 0.489. The molecule has 1 aromatic rings. The fourth-order valence-electron chi connectivity index (χ4n) is 0.820. The Hall–Kier alpha value is -2.12. The highest BCUT2D eigenvalue weighted by molar-refractivity contribution is 5.42. The van der Waals surface area contributed by atoms with E-state index in [1.807, 2.05) is 0 Å². The smallest absolute Gasteiger partial charge is 0.395 e. The molecule has 0 saturated carbocycles. The topological polar surface area (TPSA) is 112 Å². The Morgan fingerprint density at radius 2 is 2.14 bits per heavy atom. The van der Waals surface area contributed by atoms with Crippen molar-refractivity contribution >= 4 is 11.6 Å². The van der Waals surface area contributed by atoms with Crippen LogP contribution in [-0.2, 0) is 0 Å². The van der Waals surface area contributed by atoms with Crippen LogP contribution >= 0.6 is 0 Å². The van der Waals surface area contributed by atoms with Gasteiger partial charge in [0.05, 0.1) is 4.92 Å². The van der Waals surface area contributed by atoms with Crippen molar-refractivity contribution in [3.8, 4) is 5.88 Å². The Morgan fingerprint density at radius 3 is 2.50 bits per heavy atom. The molecule has 0 aliphatic carbocycles. The van der Waals surface area contributed by atoms with Crippen LogP contribution in [0.15, 0.2) is 4.79 Å². The molecule has 14 heavy (non-hydrogen) atoms. The largest absolute Gasteiger partial charge is 0.488 e. The number of anilines is 1. The zero-order chi connectivity index (χ0) is 10.9. The summed E-state index contributed by atoms with van der Waals surface area (Å²) in [5.74, 6) is -0.833. The Kier molecular flexibility index (Phi) is 2.36. The van der Waals surface area contributed by atoms with Crippen LogP contribution < -0.4 is 10.5 Å². The fourth-order valence-corrected chi connectivity index (χ4v) is 0.820. The highest BCUT2D eigenvalue weighted by Crippen LogP contribution is 2.18. The van der Waals surface area contributed by atoms with Crippen molar-refractivity contribution in [3.63, 3.8) is 0 Å². The highest BCUT2D eigenvalue weighted by Gasteiger charge is 2.22. The van der Waals surface area contributed by atoms with Crippen molar-refractivity contribution < 1.29 is 10.0 Å². The van der Waals surface area contributed by atoms with E-state index in [2.05, 4.69) is 9.97 Å². The summed E-state index contributed by atoms with van der Waals surface area (Å²) >= 11 is 0. The standard InChI is InChI=1S/C6H8N4O4/c1-9(2)6-7-4(11)3(10(13)14)5(12)8-6/h1-2H3,(H2,7,8,11,12). The molecule has 0 fully saturated rings. The highest BCUT2D eigenvalue weighted by atomic mass is 16.6. The molecule has 0 radical (unpaired) electrons. The first-order chi connectivity index (χ1) is 6.43. The van der Waals surface area contributed by atoms with Gasteiger partial charge in [-0.2, -0.15) is 4.98 Å². The molecule has 8 heteroatoms. The molecule has 0 aliphatic rings. The van der Waals surface area contributed by atoms with Gasteiger partial charge in [-0.15, -0.1) is 0 Å². The van der Waals surface area contributed by atoms with E-state index in [9.17, 15) is 14.9 Å². The predicted molar refractivity (Wildman–Crippen MR) is 47.5 cm³/mol. The monoisotopic (exact) mass is 200 g/mol. The molecule has 0 bridgehead atoms. The summed E-state index contributed by atoms with van der Waals surface area (Å²) in [7, 11) is 3.15. The van der Waals surface area contributed by atoms with E-state index in [0.29, 0.717) is 0 Å². The number of nitrogens with one attached hydrogen (secondary N) is 1. The number of nitrogens with zero attached hydrogens (tertiary/aromatic N) is 3. The van der Waals surface area contributed by atoms with Crippen LogP contribution in [0.4, 0.5) is 11.6 Å². The van der Waals surface area contributed by atoms with E-state index in [4.69, 9.17) is 5.11 Å². The van der Waals surface area contributed by atoms with Crippen LogP contribution in [0, 0.1) is 10.1 Å². The first kappa shape index (κ1) is 9.96. The number of hydrogen-bond acceptors (Lipinski definition) is 6. The molecular formula is C6H8N4O4. The molecule has 0 unspecified atom stereocenters. The minimum absolute atomic E-state index is 0.0538. The second kappa shape index (κ2) is 3.32. The average Bonchev–Trinajstić information content (AvgIpc) is 2.01. The van der Waals surface area contributed by atoms with Crippen molar-refractivity contribution in [2.24, 2.45) is 0 Å². The third kappa shape index (κ3) is 1.63. The Balaban J connectivity index is 3.40. The van der Waals surface area contributed by atoms with Gasteiger partial charge in [-0.25, -0.2) is 0 Å². The van der Waals surface area contributed by atoms with Crippen LogP contribution in [0.1, 0.15) is 0 Å². The van der Waals surface area contributed by atoms with Crippen LogP contribution in [-0.4, -0.2) is 34.1 Å². The van der Waals surface area contributed by atoms with E-state index in [-0.39, 0.29) is 5.95 Å². The molecule has 0 aromatic carbocycles. The molecule has 0 saturated heterocycles. The average molecular weight is 200 g/mol. The normalized spacial score (nSPS) is 9.86. The molecule has 0 atom stereocenters. The molecule has 1 heterocycles. The first-order valence-electron chi connectivity index (χ1n) is 3.58. The van der Waals surface area contributed by atoms with Crippen molar-refractivity contribution in [1.29, 1.82) is 0 Å². The summed E-state index contributed by atoms with van der Waals surface area (Å²) in [5, 5.41) is 19.4. The second-order valence-electron chi connectivity index (χ2n) is 2.71. The molecule has 1 rings (SSSR count). The van der Waals surface area contributed by atoms with E-state index >= 15 is 0 Å². The summed E-state index contributed by atoms with van der Waals surface area (Å²) < 4.78 is 0.